The summed E-state index contributed by atoms with van der Waals surface area (Å²) in [5.74, 6) is 0. The third kappa shape index (κ3) is 3.26. The maximum atomic E-state index is 11.8. The number of hydrogen-bond acceptors (Lipinski definition) is 3. The van der Waals surface area contributed by atoms with Crippen LogP contribution in [-0.2, 0) is 27.2 Å². The summed E-state index contributed by atoms with van der Waals surface area (Å²) >= 11 is 3.39. The van der Waals surface area contributed by atoms with Gasteiger partial charge in [0.05, 0.1) is 0 Å². The quantitative estimate of drug-likeness (QED) is 0.910. The van der Waals surface area contributed by atoms with Gasteiger partial charge in [0, 0.05) is 43.4 Å². The lowest BCUT2D eigenvalue weighted by Gasteiger charge is -2.10. The van der Waals surface area contributed by atoms with Crippen molar-refractivity contribution in [2.24, 2.45) is 14.1 Å². The maximum Gasteiger partial charge on any atom is 0.330 e. The third-order valence-electron chi connectivity index (χ3n) is 3.17. The van der Waals surface area contributed by atoms with Crippen LogP contribution in [0.4, 0.5) is 0 Å². The van der Waals surface area contributed by atoms with E-state index in [0.717, 1.165) is 14.6 Å². The van der Waals surface area contributed by atoms with Crippen LogP contribution in [0.25, 0.3) is 0 Å². The first kappa shape index (κ1) is 14.7. The fourth-order valence-corrected chi connectivity index (χ4v) is 2.15. The maximum absolute atomic E-state index is 11.8. The normalized spacial score (nSPS) is 10.8. The zero-order valence-electron chi connectivity index (χ0n) is 11.4. The highest BCUT2D eigenvalue weighted by atomic mass is 79.9. The average molecular weight is 338 g/mol. The number of halogens is 1. The summed E-state index contributed by atoms with van der Waals surface area (Å²) in [6.45, 7) is 1.15. The molecule has 0 aliphatic carbocycles. The van der Waals surface area contributed by atoms with Crippen LogP contribution in [0.5, 0.6) is 0 Å². The highest BCUT2D eigenvalue weighted by Gasteiger charge is 2.05. The standard InChI is InChI=1S/C14H16BrN3O2/c1-17-12(7-13(19)18(2)14(17)20)9-16-8-10-3-5-11(15)6-4-10/h3-7,16H,8-9H2,1-2H3. The van der Waals surface area contributed by atoms with Gasteiger partial charge in [-0.05, 0) is 17.7 Å². The molecule has 0 aliphatic rings. The molecule has 0 aliphatic heterocycles. The Morgan fingerprint density at radius 1 is 1.05 bits per heavy atom. The van der Waals surface area contributed by atoms with Gasteiger partial charge in [0.2, 0.25) is 0 Å². The predicted molar refractivity (Wildman–Crippen MR) is 81.6 cm³/mol. The number of hydrogen-bond donors (Lipinski definition) is 1. The minimum Gasteiger partial charge on any atom is -0.307 e. The Labute approximate surface area is 125 Å². The van der Waals surface area contributed by atoms with Gasteiger partial charge in [0.1, 0.15) is 0 Å². The molecule has 0 unspecified atom stereocenters. The van der Waals surface area contributed by atoms with E-state index in [1.165, 1.54) is 17.7 Å². The second-order valence-corrected chi connectivity index (χ2v) is 5.52. The van der Waals surface area contributed by atoms with Crippen LogP contribution in [0.15, 0.2) is 44.4 Å². The van der Waals surface area contributed by atoms with Crippen molar-refractivity contribution in [3.63, 3.8) is 0 Å². The van der Waals surface area contributed by atoms with Gasteiger partial charge in [-0.15, -0.1) is 0 Å². The summed E-state index contributed by atoms with van der Waals surface area (Å²) in [6.07, 6.45) is 0. The largest absolute Gasteiger partial charge is 0.330 e. The Morgan fingerprint density at radius 2 is 1.70 bits per heavy atom. The Morgan fingerprint density at radius 3 is 2.35 bits per heavy atom. The number of aromatic nitrogens is 2. The van der Waals surface area contributed by atoms with Gasteiger partial charge in [-0.1, -0.05) is 28.1 Å². The zero-order valence-corrected chi connectivity index (χ0v) is 13.0. The van der Waals surface area contributed by atoms with Crippen molar-refractivity contribution in [1.29, 1.82) is 0 Å². The minimum absolute atomic E-state index is 0.284. The van der Waals surface area contributed by atoms with Crippen molar-refractivity contribution < 1.29 is 0 Å². The molecule has 1 heterocycles. The summed E-state index contributed by atoms with van der Waals surface area (Å²) < 4.78 is 3.61. The van der Waals surface area contributed by atoms with E-state index in [2.05, 4.69) is 21.2 Å². The zero-order chi connectivity index (χ0) is 14.7. The average Bonchev–Trinajstić information content (AvgIpc) is 2.44. The lowest BCUT2D eigenvalue weighted by Crippen LogP contribution is -2.38. The van der Waals surface area contributed by atoms with E-state index < -0.39 is 0 Å². The Hall–Kier alpha value is -1.66. The molecule has 0 radical (unpaired) electrons. The molecule has 20 heavy (non-hydrogen) atoms. The van der Waals surface area contributed by atoms with Crippen molar-refractivity contribution in [2.45, 2.75) is 13.1 Å². The molecule has 6 heteroatoms. The molecule has 5 nitrogen and oxygen atoms in total. The Balaban J connectivity index is 2.07. The van der Waals surface area contributed by atoms with Gasteiger partial charge < -0.3 is 5.32 Å². The third-order valence-corrected chi connectivity index (χ3v) is 3.70. The molecule has 1 aromatic carbocycles. The lowest BCUT2D eigenvalue weighted by molar-refractivity contribution is 0.600. The molecule has 0 saturated heterocycles. The highest BCUT2D eigenvalue weighted by Crippen LogP contribution is 2.10. The van der Waals surface area contributed by atoms with Crippen LogP contribution in [0.3, 0.4) is 0 Å². The lowest BCUT2D eigenvalue weighted by atomic mass is 10.2. The smallest absolute Gasteiger partial charge is 0.307 e. The van der Waals surface area contributed by atoms with Crippen molar-refractivity contribution in [3.8, 4) is 0 Å². The van der Waals surface area contributed by atoms with Crippen molar-refractivity contribution in [2.75, 3.05) is 0 Å². The molecule has 0 saturated carbocycles. The van der Waals surface area contributed by atoms with Gasteiger partial charge in [0.25, 0.3) is 5.56 Å². The molecule has 0 atom stereocenters. The van der Waals surface area contributed by atoms with Crippen LogP contribution in [-0.4, -0.2) is 9.13 Å². The summed E-state index contributed by atoms with van der Waals surface area (Å²) in [5, 5.41) is 3.23. The molecule has 2 aromatic rings. The van der Waals surface area contributed by atoms with E-state index in [9.17, 15) is 9.59 Å². The predicted octanol–water partition coefficient (Wildman–Crippen LogP) is 1.14. The Kier molecular flexibility index (Phi) is 4.57. The summed E-state index contributed by atoms with van der Waals surface area (Å²) in [7, 11) is 3.14. The highest BCUT2D eigenvalue weighted by molar-refractivity contribution is 9.10. The van der Waals surface area contributed by atoms with Crippen LogP contribution in [0.2, 0.25) is 0 Å². The van der Waals surface area contributed by atoms with Crippen LogP contribution >= 0.6 is 15.9 Å². The van der Waals surface area contributed by atoms with Crippen LogP contribution < -0.4 is 16.6 Å². The Bertz CT molecular complexity index is 717. The second kappa shape index (κ2) is 6.19. The van der Waals surface area contributed by atoms with Crippen molar-refractivity contribution in [1.82, 2.24) is 14.5 Å². The summed E-state index contributed by atoms with van der Waals surface area (Å²) in [6, 6.07) is 9.46. The van der Waals surface area contributed by atoms with E-state index >= 15 is 0 Å². The van der Waals surface area contributed by atoms with E-state index in [1.54, 1.807) is 7.05 Å². The van der Waals surface area contributed by atoms with Gasteiger partial charge in [-0.2, -0.15) is 0 Å². The van der Waals surface area contributed by atoms with Crippen LogP contribution in [0.1, 0.15) is 11.3 Å². The SMILES string of the molecule is Cn1c(CNCc2ccc(Br)cc2)cc(=O)n(C)c1=O. The van der Waals surface area contributed by atoms with E-state index in [-0.39, 0.29) is 11.2 Å². The molecule has 0 fully saturated rings. The van der Waals surface area contributed by atoms with Gasteiger partial charge in [-0.3, -0.25) is 13.9 Å². The molecule has 0 bridgehead atoms. The summed E-state index contributed by atoms with van der Waals surface area (Å²) in [5.41, 5.74) is 1.23. The minimum atomic E-state index is -0.307. The van der Waals surface area contributed by atoms with Gasteiger partial charge in [0.15, 0.2) is 0 Å². The molecular formula is C14H16BrN3O2. The van der Waals surface area contributed by atoms with E-state index in [0.29, 0.717) is 18.8 Å². The first-order valence-corrected chi connectivity index (χ1v) is 6.99. The monoisotopic (exact) mass is 337 g/mol. The first-order chi connectivity index (χ1) is 9.49. The molecule has 1 N–H and O–H groups in total. The second-order valence-electron chi connectivity index (χ2n) is 4.60. The summed E-state index contributed by atoms with van der Waals surface area (Å²) in [4.78, 5) is 23.4. The number of benzene rings is 1. The number of nitrogens with zero attached hydrogens (tertiary/aromatic N) is 2. The molecule has 106 valence electrons. The topological polar surface area (TPSA) is 56.0 Å². The van der Waals surface area contributed by atoms with Gasteiger partial charge in [-0.25, -0.2) is 4.79 Å². The first-order valence-electron chi connectivity index (χ1n) is 6.20. The molecule has 2 rings (SSSR count). The molecule has 0 amide bonds. The number of rotatable bonds is 4. The fourth-order valence-electron chi connectivity index (χ4n) is 1.89. The van der Waals surface area contributed by atoms with E-state index in [4.69, 9.17) is 0 Å². The van der Waals surface area contributed by atoms with E-state index in [1.807, 2.05) is 24.3 Å². The molecule has 0 spiro atoms. The van der Waals surface area contributed by atoms with Crippen LogP contribution in [0, 0.1) is 0 Å². The van der Waals surface area contributed by atoms with Crippen molar-refractivity contribution in [3.05, 3.63) is 66.9 Å². The molecule has 1 aromatic heterocycles. The van der Waals surface area contributed by atoms with Crippen molar-refractivity contribution >= 4 is 15.9 Å². The number of nitrogens with one attached hydrogen (secondary N) is 1. The molecular weight excluding hydrogens is 322 g/mol. The fraction of sp³-hybridized carbons (Fsp3) is 0.286. The van der Waals surface area contributed by atoms with Gasteiger partial charge >= 0.3 is 5.69 Å².